The number of amides is 2. The van der Waals surface area contributed by atoms with Crippen LogP contribution in [0.4, 0.5) is 11.4 Å². The van der Waals surface area contributed by atoms with Crippen LogP contribution in [0, 0.1) is 13.8 Å². The van der Waals surface area contributed by atoms with Crippen molar-refractivity contribution in [1.82, 2.24) is 4.98 Å². The van der Waals surface area contributed by atoms with Crippen molar-refractivity contribution in [3.8, 4) is 0 Å². The minimum atomic E-state index is -0.300. The van der Waals surface area contributed by atoms with Crippen molar-refractivity contribution in [2.45, 2.75) is 36.6 Å². The second-order valence-corrected chi connectivity index (χ2v) is 8.94. The molecule has 2 amide bonds. The third kappa shape index (κ3) is 4.75. The molecule has 2 aromatic carbocycles. The Morgan fingerprint density at radius 2 is 1.97 bits per heavy atom. The fraction of sp³-hybridized carbons (Fsp3) is 0.208. The zero-order valence-electron chi connectivity index (χ0n) is 17.3. The highest BCUT2D eigenvalue weighted by molar-refractivity contribution is 7.99. The van der Waals surface area contributed by atoms with Gasteiger partial charge in [-0.15, -0.1) is 0 Å². The van der Waals surface area contributed by atoms with Gasteiger partial charge < -0.3 is 10.2 Å². The Labute approximate surface area is 190 Å². The van der Waals surface area contributed by atoms with Gasteiger partial charge >= 0.3 is 0 Å². The maximum atomic E-state index is 13.1. The van der Waals surface area contributed by atoms with Crippen LogP contribution in [-0.4, -0.2) is 23.3 Å². The number of hydrogen-bond acceptors (Lipinski definition) is 4. The molecule has 0 unspecified atom stereocenters. The summed E-state index contributed by atoms with van der Waals surface area (Å²) in [5, 5.41) is 3.92. The number of nitrogens with one attached hydrogen (secondary N) is 1. The SMILES string of the molecule is Cc1ccc(Sc2ncccc2C(=O)Nc2cc(N3CCCC3=O)ccc2Cl)cc1C. The van der Waals surface area contributed by atoms with Gasteiger partial charge in [0.15, 0.2) is 0 Å². The molecule has 0 saturated carbocycles. The van der Waals surface area contributed by atoms with Crippen molar-refractivity contribution in [3.05, 3.63) is 76.4 Å². The maximum absolute atomic E-state index is 13.1. The van der Waals surface area contributed by atoms with Crippen LogP contribution < -0.4 is 10.2 Å². The quantitative estimate of drug-likeness (QED) is 0.526. The lowest BCUT2D eigenvalue weighted by atomic mass is 10.1. The van der Waals surface area contributed by atoms with E-state index in [-0.39, 0.29) is 11.8 Å². The van der Waals surface area contributed by atoms with Gasteiger partial charge in [-0.2, -0.15) is 0 Å². The molecule has 0 atom stereocenters. The van der Waals surface area contributed by atoms with E-state index in [4.69, 9.17) is 11.6 Å². The van der Waals surface area contributed by atoms with Gasteiger partial charge in [0.05, 0.1) is 16.3 Å². The van der Waals surface area contributed by atoms with E-state index in [9.17, 15) is 9.59 Å². The van der Waals surface area contributed by atoms with Crippen LogP contribution in [0.5, 0.6) is 0 Å². The molecule has 5 nitrogen and oxygen atoms in total. The molecule has 0 spiro atoms. The fourth-order valence-electron chi connectivity index (χ4n) is 3.42. The van der Waals surface area contributed by atoms with Crippen LogP contribution in [0.25, 0.3) is 0 Å². The predicted octanol–water partition coefficient (Wildman–Crippen LogP) is 5.88. The molecule has 1 aliphatic rings. The van der Waals surface area contributed by atoms with Crippen LogP contribution in [-0.2, 0) is 4.79 Å². The summed E-state index contributed by atoms with van der Waals surface area (Å²) in [5.74, 6) is -0.217. The monoisotopic (exact) mass is 451 g/mol. The second-order valence-electron chi connectivity index (χ2n) is 7.47. The number of hydrogen-bond donors (Lipinski definition) is 1. The molecule has 2 heterocycles. The Morgan fingerprint density at radius 3 is 2.71 bits per heavy atom. The molecule has 31 heavy (non-hydrogen) atoms. The summed E-state index contributed by atoms with van der Waals surface area (Å²) in [6.07, 6.45) is 3.05. The van der Waals surface area contributed by atoms with Gasteiger partial charge in [0.2, 0.25) is 5.91 Å². The second kappa shape index (κ2) is 9.12. The molecule has 1 saturated heterocycles. The van der Waals surface area contributed by atoms with Crippen LogP contribution in [0.15, 0.2) is 64.6 Å². The topological polar surface area (TPSA) is 62.3 Å². The van der Waals surface area contributed by atoms with Crippen molar-refractivity contribution >= 4 is 46.6 Å². The molecule has 0 radical (unpaired) electrons. The van der Waals surface area contributed by atoms with E-state index in [1.54, 1.807) is 41.4 Å². The van der Waals surface area contributed by atoms with Gasteiger partial charge in [0, 0.05) is 29.7 Å². The first-order valence-electron chi connectivity index (χ1n) is 10.0. The van der Waals surface area contributed by atoms with Crippen molar-refractivity contribution in [2.75, 3.05) is 16.8 Å². The number of halogens is 1. The summed E-state index contributed by atoms with van der Waals surface area (Å²) >= 11 is 7.78. The Kier molecular flexibility index (Phi) is 6.30. The highest BCUT2D eigenvalue weighted by Crippen LogP contribution is 2.33. The minimum absolute atomic E-state index is 0.0823. The Morgan fingerprint density at radius 1 is 1.13 bits per heavy atom. The van der Waals surface area contributed by atoms with Crippen molar-refractivity contribution in [1.29, 1.82) is 0 Å². The lowest BCUT2D eigenvalue weighted by Gasteiger charge is -2.18. The number of nitrogens with zero attached hydrogens (tertiary/aromatic N) is 2. The lowest BCUT2D eigenvalue weighted by molar-refractivity contribution is -0.117. The molecule has 7 heteroatoms. The van der Waals surface area contributed by atoms with Crippen molar-refractivity contribution < 1.29 is 9.59 Å². The third-order valence-electron chi connectivity index (χ3n) is 5.29. The summed E-state index contributed by atoms with van der Waals surface area (Å²) < 4.78 is 0. The Bertz CT molecular complexity index is 1170. The van der Waals surface area contributed by atoms with Crippen LogP contribution in [0.3, 0.4) is 0 Å². The molecule has 0 aliphatic carbocycles. The van der Waals surface area contributed by atoms with E-state index in [1.165, 1.54) is 22.9 Å². The molecule has 3 aromatic rings. The summed E-state index contributed by atoms with van der Waals surface area (Å²) in [5.41, 5.74) is 4.07. The van der Waals surface area contributed by atoms with E-state index in [1.807, 2.05) is 6.07 Å². The number of rotatable bonds is 5. The highest BCUT2D eigenvalue weighted by atomic mass is 35.5. The molecule has 158 valence electrons. The molecule has 1 N–H and O–H groups in total. The molecular formula is C24H22ClN3O2S. The standard InChI is InChI=1S/C24H22ClN3O2S/c1-15-7-9-18(13-16(15)2)31-24-19(5-3-11-26-24)23(30)27-21-14-17(8-10-20(21)25)28-12-4-6-22(28)29/h3,5,7-11,13-14H,4,6,12H2,1-2H3,(H,27,30). The first-order chi connectivity index (χ1) is 14.9. The van der Waals surface area contributed by atoms with Crippen molar-refractivity contribution in [2.24, 2.45) is 0 Å². The van der Waals surface area contributed by atoms with E-state index in [0.29, 0.717) is 34.3 Å². The summed E-state index contributed by atoms with van der Waals surface area (Å²) in [4.78, 5) is 32.3. The smallest absolute Gasteiger partial charge is 0.258 e. The van der Waals surface area contributed by atoms with Gasteiger partial charge in [-0.3, -0.25) is 9.59 Å². The van der Waals surface area contributed by atoms with E-state index >= 15 is 0 Å². The van der Waals surface area contributed by atoms with Gasteiger partial charge in [0.1, 0.15) is 5.03 Å². The van der Waals surface area contributed by atoms with Crippen LogP contribution in [0.1, 0.15) is 34.3 Å². The van der Waals surface area contributed by atoms with Gasteiger partial charge in [-0.25, -0.2) is 4.98 Å². The zero-order valence-corrected chi connectivity index (χ0v) is 18.9. The summed E-state index contributed by atoms with van der Waals surface area (Å²) in [6, 6.07) is 14.9. The van der Waals surface area contributed by atoms with E-state index in [2.05, 4.69) is 36.3 Å². The first-order valence-corrected chi connectivity index (χ1v) is 11.2. The largest absolute Gasteiger partial charge is 0.320 e. The number of benzene rings is 2. The molecule has 1 fully saturated rings. The fourth-order valence-corrected chi connectivity index (χ4v) is 4.57. The van der Waals surface area contributed by atoms with E-state index < -0.39 is 0 Å². The predicted molar refractivity (Wildman–Crippen MR) is 125 cm³/mol. The first kappa shape index (κ1) is 21.4. The van der Waals surface area contributed by atoms with Gasteiger partial charge in [-0.1, -0.05) is 29.4 Å². The number of pyridine rings is 1. The van der Waals surface area contributed by atoms with Crippen molar-refractivity contribution in [3.63, 3.8) is 0 Å². The average Bonchev–Trinajstić information content (AvgIpc) is 3.18. The molecule has 1 aliphatic heterocycles. The molecule has 4 rings (SSSR count). The molecule has 0 bridgehead atoms. The molecular weight excluding hydrogens is 430 g/mol. The number of aryl methyl sites for hydroxylation is 2. The van der Waals surface area contributed by atoms with Gasteiger partial charge in [0.25, 0.3) is 5.91 Å². The number of carbonyl (C=O) groups is 2. The van der Waals surface area contributed by atoms with Crippen LogP contribution >= 0.6 is 23.4 Å². The van der Waals surface area contributed by atoms with Gasteiger partial charge in [-0.05, 0) is 73.9 Å². The zero-order chi connectivity index (χ0) is 22.0. The summed E-state index contributed by atoms with van der Waals surface area (Å²) in [6.45, 7) is 4.80. The average molecular weight is 452 g/mol. The Balaban J connectivity index is 1.58. The summed E-state index contributed by atoms with van der Waals surface area (Å²) in [7, 11) is 0. The minimum Gasteiger partial charge on any atom is -0.320 e. The third-order valence-corrected chi connectivity index (χ3v) is 6.63. The maximum Gasteiger partial charge on any atom is 0.258 e. The normalized spacial score (nSPS) is 13.5. The van der Waals surface area contributed by atoms with Crippen LogP contribution in [0.2, 0.25) is 5.02 Å². The molecule has 1 aromatic heterocycles. The van der Waals surface area contributed by atoms with E-state index in [0.717, 1.165) is 17.0 Å². The number of carbonyl (C=O) groups excluding carboxylic acids is 2. The lowest BCUT2D eigenvalue weighted by Crippen LogP contribution is -2.24. The highest BCUT2D eigenvalue weighted by Gasteiger charge is 2.23. The number of anilines is 2. The Hall–Kier alpha value is -2.83. The number of aromatic nitrogens is 1.